The van der Waals surface area contributed by atoms with Gasteiger partial charge in [0, 0.05) is 12.5 Å². The quantitative estimate of drug-likeness (QED) is 0.781. The van der Waals surface area contributed by atoms with Gasteiger partial charge in [0.2, 0.25) is 5.91 Å². The summed E-state index contributed by atoms with van der Waals surface area (Å²) in [5, 5.41) is 6.42. The van der Waals surface area contributed by atoms with Gasteiger partial charge in [0.1, 0.15) is 0 Å². The van der Waals surface area contributed by atoms with E-state index in [0.29, 0.717) is 11.3 Å². The van der Waals surface area contributed by atoms with Gasteiger partial charge in [-0.1, -0.05) is 26.7 Å². The summed E-state index contributed by atoms with van der Waals surface area (Å²) in [6.07, 6.45) is 6.46. The number of nitrogens with one attached hydrogen (secondary N) is 2. The zero-order valence-corrected chi connectivity index (χ0v) is 12.4. The lowest BCUT2D eigenvalue weighted by Crippen LogP contribution is -2.51. The predicted molar refractivity (Wildman–Crippen MR) is 77.0 cm³/mol. The summed E-state index contributed by atoms with van der Waals surface area (Å²) in [7, 11) is 0. The molecule has 2 aliphatic rings. The monoisotopic (exact) mass is 274 g/mol. The van der Waals surface area contributed by atoms with Crippen molar-refractivity contribution in [2.75, 3.05) is 19.6 Å². The summed E-state index contributed by atoms with van der Waals surface area (Å²) in [6, 6.07) is 0. The fourth-order valence-electron chi connectivity index (χ4n) is 3.04. The number of halogens is 1. The summed E-state index contributed by atoms with van der Waals surface area (Å²) in [5.41, 5.74) is 0.446. The highest BCUT2D eigenvalue weighted by molar-refractivity contribution is 5.85. The molecule has 3 nitrogen and oxygen atoms in total. The van der Waals surface area contributed by atoms with Crippen LogP contribution in [0.4, 0.5) is 0 Å². The molecule has 106 valence electrons. The van der Waals surface area contributed by atoms with Crippen LogP contribution < -0.4 is 10.6 Å². The Labute approximate surface area is 117 Å². The first-order valence-electron chi connectivity index (χ1n) is 7.15. The molecule has 2 N–H and O–H groups in total. The van der Waals surface area contributed by atoms with Crippen molar-refractivity contribution >= 4 is 18.3 Å². The highest BCUT2D eigenvalue weighted by Gasteiger charge is 2.37. The first kappa shape index (κ1) is 15.8. The Kier molecular flexibility index (Phi) is 5.93. The molecule has 2 fully saturated rings. The van der Waals surface area contributed by atoms with E-state index in [1.54, 1.807) is 0 Å². The van der Waals surface area contributed by atoms with E-state index < -0.39 is 0 Å². The third-order valence-corrected chi connectivity index (χ3v) is 4.77. The summed E-state index contributed by atoms with van der Waals surface area (Å²) < 4.78 is 0. The van der Waals surface area contributed by atoms with Crippen molar-refractivity contribution in [2.45, 2.75) is 46.0 Å². The van der Waals surface area contributed by atoms with E-state index in [2.05, 4.69) is 24.5 Å². The maximum atomic E-state index is 12.0. The molecule has 1 atom stereocenters. The molecule has 1 saturated heterocycles. The molecule has 1 saturated carbocycles. The highest BCUT2D eigenvalue weighted by atomic mass is 35.5. The number of carbonyl (C=O) groups is 1. The molecule has 0 bridgehead atoms. The van der Waals surface area contributed by atoms with Crippen molar-refractivity contribution in [1.82, 2.24) is 10.6 Å². The second-order valence-electron chi connectivity index (χ2n) is 6.03. The van der Waals surface area contributed by atoms with Gasteiger partial charge in [-0.05, 0) is 43.7 Å². The molecule has 4 heteroatoms. The molecule has 1 aliphatic heterocycles. The standard InChI is InChI=1S/C14H26N2O.ClH/c1-3-5-14(6-4-7-14)10-16-13(17)11(2)12-8-15-9-12;/h11-12,15H,3-10H2,1-2H3,(H,16,17);1H. The molecular weight excluding hydrogens is 248 g/mol. The SMILES string of the molecule is CCCC1(CNC(=O)C(C)C2CNC2)CCC1.Cl. The Balaban J connectivity index is 0.00000162. The minimum absolute atomic E-state index is 0. The van der Waals surface area contributed by atoms with E-state index in [1.807, 2.05) is 0 Å². The third-order valence-electron chi connectivity index (χ3n) is 4.77. The molecule has 18 heavy (non-hydrogen) atoms. The topological polar surface area (TPSA) is 41.1 Å². The van der Waals surface area contributed by atoms with Crippen molar-refractivity contribution in [3.05, 3.63) is 0 Å². The Morgan fingerprint density at radius 3 is 2.50 bits per heavy atom. The number of rotatable bonds is 6. The van der Waals surface area contributed by atoms with E-state index in [1.165, 1.54) is 32.1 Å². The van der Waals surface area contributed by atoms with Crippen molar-refractivity contribution in [3.8, 4) is 0 Å². The first-order valence-corrected chi connectivity index (χ1v) is 7.15. The number of hydrogen-bond acceptors (Lipinski definition) is 2. The fraction of sp³-hybridized carbons (Fsp3) is 0.929. The average molecular weight is 275 g/mol. The molecule has 2 rings (SSSR count). The lowest BCUT2D eigenvalue weighted by Gasteiger charge is -2.42. The largest absolute Gasteiger partial charge is 0.355 e. The Morgan fingerprint density at radius 2 is 2.11 bits per heavy atom. The van der Waals surface area contributed by atoms with Gasteiger partial charge in [-0.3, -0.25) is 4.79 Å². The normalized spacial score (nSPS) is 23.2. The van der Waals surface area contributed by atoms with E-state index in [4.69, 9.17) is 0 Å². The molecule has 0 aromatic rings. The van der Waals surface area contributed by atoms with Crippen molar-refractivity contribution in [3.63, 3.8) is 0 Å². The summed E-state index contributed by atoms with van der Waals surface area (Å²) in [6.45, 7) is 7.23. The molecular formula is C14H27ClN2O. The minimum atomic E-state index is 0. The van der Waals surface area contributed by atoms with Gasteiger partial charge < -0.3 is 10.6 Å². The van der Waals surface area contributed by atoms with Crippen molar-refractivity contribution in [2.24, 2.45) is 17.3 Å². The van der Waals surface area contributed by atoms with E-state index >= 15 is 0 Å². The van der Waals surface area contributed by atoms with Gasteiger partial charge in [-0.15, -0.1) is 12.4 Å². The molecule has 1 heterocycles. The van der Waals surface area contributed by atoms with Gasteiger partial charge in [0.05, 0.1) is 0 Å². The third kappa shape index (κ3) is 3.39. The van der Waals surface area contributed by atoms with Crippen LogP contribution in [0.1, 0.15) is 46.0 Å². The summed E-state index contributed by atoms with van der Waals surface area (Å²) in [4.78, 5) is 12.0. The van der Waals surface area contributed by atoms with Crippen LogP contribution in [-0.2, 0) is 4.79 Å². The average Bonchev–Trinajstić information content (AvgIpc) is 2.18. The lowest BCUT2D eigenvalue weighted by atomic mass is 9.66. The van der Waals surface area contributed by atoms with Crippen LogP contribution in [0, 0.1) is 17.3 Å². The molecule has 1 unspecified atom stereocenters. The van der Waals surface area contributed by atoms with Gasteiger partial charge >= 0.3 is 0 Å². The first-order chi connectivity index (χ1) is 8.17. The number of carbonyl (C=O) groups excluding carboxylic acids is 1. The number of hydrogen-bond donors (Lipinski definition) is 2. The Bertz CT molecular complexity index is 275. The molecule has 0 spiro atoms. The number of amides is 1. The molecule has 1 aliphatic carbocycles. The predicted octanol–water partition coefficient (Wildman–Crippen LogP) is 2.35. The minimum Gasteiger partial charge on any atom is -0.355 e. The maximum Gasteiger partial charge on any atom is 0.223 e. The van der Waals surface area contributed by atoms with Crippen LogP contribution in [0.3, 0.4) is 0 Å². The van der Waals surface area contributed by atoms with Crippen molar-refractivity contribution < 1.29 is 4.79 Å². The Hall–Kier alpha value is -0.280. The van der Waals surface area contributed by atoms with Crippen LogP contribution in [0.15, 0.2) is 0 Å². The smallest absolute Gasteiger partial charge is 0.223 e. The second-order valence-corrected chi connectivity index (χ2v) is 6.03. The summed E-state index contributed by atoms with van der Waals surface area (Å²) >= 11 is 0. The van der Waals surface area contributed by atoms with Crippen molar-refractivity contribution in [1.29, 1.82) is 0 Å². The van der Waals surface area contributed by atoms with Crippen LogP contribution >= 0.6 is 12.4 Å². The van der Waals surface area contributed by atoms with Crippen LogP contribution in [0.5, 0.6) is 0 Å². The van der Waals surface area contributed by atoms with Crippen LogP contribution in [-0.4, -0.2) is 25.5 Å². The zero-order chi connectivity index (χ0) is 12.3. The second kappa shape index (κ2) is 6.76. The van der Waals surface area contributed by atoms with E-state index in [-0.39, 0.29) is 24.2 Å². The highest BCUT2D eigenvalue weighted by Crippen LogP contribution is 2.44. The van der Waals surface area contributed by atoms with Gasteiger partial charge in [-0.2, -0.15) is 0 Å². The lowest BCUT2D eigenvalue weighted by molar-refractivity contribution is -0.127. The van der Waals surface area contributed by atoms with Crippen LogP contribution in [0.25, 0.3) is 0 Å². The summed E-state index contributed by atoms with van der Waals surface area (Å²) in [5.74, 6) is 0.993. The fourth-order valence-corrected chi connectivity index (χ4v) is 3.04. The van der Waals surface area contributed by atoms with Crippen LogP contribution in [0.2, 0.25) is 0 Å². The van der Waals surface area contributed by atoms with Gasteiger partial charge in [0.25, 0.3) is 0 Å². The molecule has 0 aromatic carbocycles. The van der Waals surface area contributed by atoms with E-state index in [0.717, 1.165) is 19.6 Å². The molecule has 0 aromatic heterocycles. The molecule has 1 amide bonds. The van der Waals surface area contributed by atoms with E-state index in [9.17, 15) is 4.79 Å². The van der Waals surface area contributed by atoms with Gasteiger partial charge in [0.15, 0.2) is 0 Å². The Morgan fingerprint density at radius 1 is 1.44 bits per heavy atom. The zero-order valence-electron chi connectivity index (χ0n) is 11.6. The molecule has 0 radical (unpaired) electrons. The maximum absolute atomic E-state index is 12.0. The van der Waals surface area contributed by atoms with Gasteiger partial charge in [-0.25, -0.2) is 0 Å².